The van der Waals surface area contributed by atoms with E-state index in [1.165, 1.54) is 18.1 Å². The van der Waals surface area contributed by atoms with Crippen LogP contribution < -0.4 is 16.0 Å². The molecule has 1 amide bonds. The lowest BCUT2D eigenvalue weighted by Gasteiger charge is -2.27. The number of rotatable bonds is 12. The average Bonchev–Trinajstić information content (AvgIpc) is 3.78. The fourth-order valence-corrected chi connectivity index (χ4v) is 5.31. The predicted molar refractivity (Wildman–Crippen MR) is 166 cm³/mol. The Morgan fingerprint density at radius 1 is 0.927 bits per heavy atom. The van der Waals surface area contributed by atoms with Crippen molar-refractivity contribution in [2.45, 2.75) is 63.6 Å². The van der Waals surface area contributed by atoms with Gasteiger partial charge in [0.15, 0.2) is 0 Å². The van der Waals surface area contributed by atoms with Gasteiger partial charge in [-0.2, -0.15) is 0 Å². The number of nitrogens with zero attached hydrogens (tertiary/aromatic N) is 1. The van der Waals surface area contributed by atoms with Crippen LogP contribution in [0.15, 0.2) is 97.2 Å². The van der Waals surface area contributed by atoms with E-state index in [2.05, 4.69) is 71.2 Å². The summed E-state index contributed by atoms with van der Waals surface area (Å²) in [7, 11) is 0. The van der Waals surface area contributed by atoms with Gasteiger partial charge < -0.3 is 21.1 Å². The Bertz CT molecular complexity index is 1450. The second-order valence-corrected chi connectivity index (χ2v) is 11.4. The first kappa shape index (κ1) is 28.5. The van der Waals surface area contributed by atoms with E-state index in [-0.39, 0.29) is 11.4 Å². The molecule has 4 N–H and O–H groups in total. The Labute approximate surface area is 243 Å². The zero-order valence-corrected chi connectivity index (χ0v) is 24.1. The van der Waals surface area contributed by atoms with Gasteiger partial charge in [-0.1, -0.05) is 80.6 Å². The molecule has 1 heterocycles. The molecule has 2 atom stereocenters. The van der Waals surface area contributed by atoms with Crippen molar-refractivity contribution in [1.82, 2.24) is 15.6 Å². The number of pyridine rings is 1. The van der Waals surface area contributed by atoms with Gasteiger partial charge in [-0.15, -0.1) is 0 Å². The van der Waals surface area contributed by atoms with Crippen molar-refractivity contribution < 1.29 is 9.90 Å². The van der Waals surface area contributed by atoms with Crippen molar-refractivity contribution in [3.63, 3.8) is 0 Å². The molecular formula is C35H40N4O2. The van der Waals surface area contributed by atoms with E-state index >= 15 is 0 Å². The molecule has 1 aromatic heterocycles. The Kier molecular flexibility index (Phi) is 8.81. The first-order valence-electron chi connectivity index (χ1n) is 14.5. The van der Waals surface area contributed by atoms with Crippen LogP contribution in [0.4, 0.5) is 11.5 Å². The molecule has 41 heavy (non-hydrogen) atoms. The second-order valence-electron chi connectivity index (χ2n) is 11.4. The van der Waals surface area contributed by atoms with Crippen molar-refractivity contribution in [2.75, 3.05) is 11.9 Å². The number of carbonyl (C=O) groups excluding carboxylic acids is 1. The molecule has 0 aliphatic heterocycles. The lowest BCUT2D eigenvalue weighted by molar-refractivity contribution is -0.120. The van der Waals surface area contributed by atoms with Gasteiger partial charge in [0.05, 0.1) is 12.1 Å². The number of hydrogen-bond donors (Lipinski definition) is 4. The largest absolute Gasteiger partial charge is 0.390 e. The highest BCUT2D eigenvalue weighted by Crippen LogP contribution is 2.46. The number of aromatic nitrogens is 1. The maximum absolute atomic E-state index is 12.0. The van der Waals surface area contributed by atoms with E-state index in [4.69, 9.17) is 0 Å². The highest BCUT2D eigenvalue weighted by Gasteiger charge is 2.44. The molecule has 0 bridgehead atoms. The van der Waals surface area contributed by atoms with Crippen LogP contribution in [0, 0.1) is 0 Å². The molecule has 5 rings (SSSR count). The topological polar surface area (TPSA) is 86.3 Å². The third-order valence-corrected chi connectivity index (χ3v) is 7.91. The highest BCUT2D eigenvalue weighted by molar-refractivity contribution is 5.73. The van der Waals surface area contributed by atoms with Crippen molar-refractivity contribution in [3.05, 3.63) is 114 Å². The number of benzene rings is 3. The SMILES string of the molecule is CC(=O)N[C@@H](Cc1ccc(Nc2cc(-c3ccccc3)ccn2)cc1)[C@@H](O)CNC1(c2cccc(C(C)C)c2)CC1. The highest BCUT2D eigenvalue weighted by atomic mass is 16.3. The van der Waals surface area contributed by atoms with E-state index in [1.54, 1.807) is 6.20 Å². The summed E-state index contributed by atoms with van der Waals surface area (Å²) in [5, 5.41) is 21.1. The number of anilines is 2. The lowest BCUT2D eigenvalue weighted by Crippen LogP contribution is -2.49. The maximum Gasteiger partial charge on any atom is 0.217 e. The molecule has 212 valence electrons. The molecule has 0 radical (unpaired) electrons. The molecule has 0 saturated heterocycles. The summed E-state index contributed by atoms with van der Waals surface area (Å²) in [6.07, 6.45) is 3.69. The van der Waals surface area contributed by atoms with Gasteiger partial charge in [0.1, 0.15) is 5.82 Å². The molecule has 6 heteroatoms. The van der Waals surface area contributed by atoms with Gasteiger partial charge >= 0.3 is 0 Å². The van der Waals surface area contributed by atoms with E-state index in [0.29, 0.717) is 18.9 Å². The van der Waals surface area contributed by atoms with Crippen LogP contribution in [0.25, 0.3) is 11.1 Å². The molecule has 1 saturated carbocycles. The molecular weight excluding hydrogens is 508 g/mol. The third kappa shape index (κ3) is 7.40. The van der Waals surface area contributed by atoms with E-state index in [9.17, 15) is 9.90 Å². The quantitative estimate of drug-likeness (QED) is 0.167. The smallest absolute Gasteiger partial charge is 0.217 e. The van der Waals surface area contributed by atoms with Crippen LogP contribution in [-0.4, -0.2) is 34.7 Å². The second kappa shape index (κ2) is 12.7. The molecule has 0 spiro atoms. The van der Waals surface area contributed by atoms with Gasteiger partial charge in [-0.05, 0) is 77.3 Å². The summed E-state index contributed by atoms with van der Waals surface area (Å²) in [6.45, 7) is 6.31. The van der Waals surface area contributed by atoms with E-state index in [1.807, 2.05) is 54.6 Å². The van der Waals surface area contributed by atoms with Crippen LogP contribution in [0.1, 0.15) is 56.2 Å². The third-order valence-electron chi connectivity index (χ3n) is 7.91. The Morgan fingerprint density at radius 2 is 1.68 bits per heavy atom. The van der Waals surface area contributed by atoms with Crippen LogP contribution in [0.3, 0.4) is 0 Å². The summed E-state index contributed by atoms with van der Waals surface area (Å²) in [5.41, 5.74) is 6.70. The number of amides is 1. The van der Waals surface area contributed by atoms with E-state index < -0.39 is 12.1 Å². The molecule has 1 fully saturated rings. The van der Waals surface area contributed by atoms with Crippen LogP contribution >= 0.6 is 0 Å². The van der Waals surface area contributed by atoms with Gasteiger partial charge in [-0.25, -0.2) is 4.98 Å². The van der Waals surface area contributed by atoms with Crippen molar-refractivity contribution in [1.29, 1.82) is 0 Å². The van der Waals surface area contributed by atoms with Crippen molar-refractivity contribution in [2.24, 2.45) is 0 Å². The number of carbonyl (C=O) groups is 1. The number of nitrogens with one attached hydrogen (secondary N) is 3. The zero-order valence-electron chi connectivity index (χ0n) is 24.1. The minimum atomic E-state index is -0.729. The number of aliphatic hydroxyl groups excluding tert-OH is 1. The van der Waals surface area contributed by atoms with E-state index in [0.717, 1.165) is 41.0 Å². The predicted octanol–water partition coefficient (Wildman–Crippen LogP) is 6.30. The Hall–Kier alpha value is -4.00. The Morgan fingerprint density at radius 3 is 2.37 bits per heavy atom. The molecule has 0 unspecified atom stereocenters. The minimum Gasteiger partial charge on any atom is -0.390 e. The summed E-state index contributed by atoms with van der Waals surface area (Å²) < 4.78 is 0. The maximum atomic E-state index is 12.0. The summed E-state index contributed by atoms with van der Waals surface area (Å²) in [4.78, 5) is 16.5. The molecule has 1 aliphatic carbocycles. The molecule has 6 nitrogen and oxygen atoms in total. The minimum absolute atomic E-state index is 0.0914. The monoisotopic (exact) mass is 548 g/mol. The first-order chi connectivity index (χ1) is 19.8. The first-order valence-corrected chi connectivity index (χ1v) is 14.5. The van der Waals surface area contributed by atoms with Crippen LogP contribution in [-0.2, 0) is 16.8 Å². The summed E-state index contributed by atoms with van der Waals surface area (Å²) in [6, 6.07) is 30.7. The number of aliphatic hydroxyl groups is 1. The van der Waals surface area contributed by atoms with Gasteiger partial charge in [0.2, 0.25) is 5.91 Å². The van der Waals surface area contributed by atoms with Crippen LogP contribution in [0.5, 0.6) is 0 Å². The summed E-state index contributed by atoms with van der Waals surface area (Å²) >= 11 is 0. The van der Waals surface area contributed by atoms with Crippen molar-refractivity contribution >= 4 is 17.4 Å². The summed E-state index contributed by atoms with van der Waals surface area (Å²) in [5.74, 6) is 1.09. The lowest BCUT2D eigenvalue weighted by atomic mass is 9.96. The fraction of sp³-hybridized carbons (Fsp3) is 0.314. The van der Waals surface area contributed by atoms with Gasteiger partial charge in [0, 0.05) is 30.9 Å². The fourth-order valence-electron chi connectivity index (χ4n) is 5.31. The van der Waals surface area contributed by atoms with Gasteiger partial charge in [0.25, 0.3) is 0 Å². The van der Waals surface area contributed by atoms with Crippen LogP contribution in [0.2, 0.25) is 0 Å². The Balaban J connectivity index is 1.21. The molecule has 3 aromatic carbocycles. The molecule has 4 aromatic rings. The van der Waals surface area contributed by atoms with Gasteiger partial charge in [-0.3, -0.25) is 4.79 Å². The zero-order chi connectivity index (χ0) is 28.8. The number of hydrogen-bond acceptors (Lipinski definition) is 5. The average molecular weight is 549 g/mol. The van der Waals surface area contributed by atoms with Crippen molar-refractivity contribution in [3.8, 4) is 11.1 Å². The molecule has 1 aliphatic rings. The standard InChI is InChI=1S/C35H40N4O2/c1-24(2)28-10-7-11-30(21-28)35(17-18-35)37-23-33(41)32(38-25(3)40)20-26-12-14-31(15-13-26)39-34-22-29(16-19-36-34)27-8-5-4-6-9-27/h4-16,19,21-22,24,32-33,37,41H,17-18,20,23H2,1-3H3,(H,36,39)(H,38,40)/t32-,33-/m0/s1. The normalized spacial score (nSPS) is 15.2.